The van der Waals surface area contributed by atoms with Crippen LogP contribution in [0.25, 0.3) is 10.9 Å². The lowest BCUT2D eigenvalue weighted by atomic mass is 10.00. The van der Waals surface area contributed by atoms with Crippen molar-refractivity contribution in [2.24, 2.45) is 0 Å². The predicted octanol–water partition coefficient (Wildman–Crippen LogP) is 3.98. The largest absolute Gasteiger partial charge is 0.475 e. The van der Waals surface area contributed by atoms with E-state index in [0.29, 0.717) is 12.8 Å². The van der Waals surface area contributed by atoms with E-state index < -0.39 is 0 Å². The first-order chi connectivity index (χ1) is 14.3. The number of nitrogens with zero attached hydrogens (tertiary/aromatic N) is 3. The fourth-order valence-electron chi connectivity index (χ4n) is 4.36. The molecule has 29 heavy (non-hydrogen) atoms. The number of rotatable bonds is 4. The van der Waals surface area contributed by atoms with Crippen LogP contribution in [-0.2, 0) is 17.8 Å². The summed E-state index contributed by atoms with van der Waals surface area (Å²) in [4.78, 5) is 9.53. The van der Waals surface area contributed by atoms with Crippen molar-refractivity contribution in [2.45, 2.75) is 26.1 Å². The highest BCUT2D eigenvalue weighted by molar-refractivity contribution is 5.89. The topological polar surface area (TPSA) is 37.8 Å². The number of hydrogen-bond acceptors (Lipinski definition) is 5. The van der Waals surface area contributed by atoms with E-state index in [9.17, 15) is 0 Å². The van der Waals surface area contributed by atoms with Crippen LogP contribution in [0, 0.1) is 0 Å². The molecule has 3 heterocycles. The van der Waals surface area contributed by atoms with E-state index in [2.05, 4.69) is 64.2 Å². The molecule has 2 aliphatic heterocycles. The number of benzene rings is 2. The van der Waals surface area contributed by atoms with E-state index in [1.165, 1.54) is 22.1 Å². The minimum Gasteiger partial charge on any atom is -0.475 e. The smallest absolute Gasteiger partial charge is 0.152 e. The van der Waals surface area contributed by atoms with Crippen LogP contribution in [0.5, 0.6) is 5.75 Å². The van der Waals surface area contributed by atoms with Crippen molar-refractivity contribution in [3.05, 3.63) is 71.4 Å². The maximum Gasteiger partial charge on any atom is 0.152 e. The third-order valence-electron chi connectivity index (χ3n) is 6.08. The Morgan fingerprint density at radius 3 is 2.72 bits per heavy atom. The minimum absolute atomic E-state index is 0.298. The molecule has 150 valence electrons. The van der Waals surface area contributed by atoms with Crippen LogP contribution in [0.4, 0.5) is 0 Å². The molecule has 1 atom stereocenters. The standard InChI is InChI=1S/C24H27N3O2/c1-18(19-6-3-2-4-7-19)27-16-21-14-20(15-26-10-12-28-13-11-26)22-8-5-9-25-23(22)24(21)29-17-27/h2-9,14,18H,10-13,15-17H2,1H3. The van der Waals surface area contributed by atoms with Gasteiger partial charge in [0, 0.05) is 49.4 Å². The normalized spacial score (nSPS) is 18.9. The Kier molecular flexibility index (Phi) is 5.19. The third-order valence-corrected chi connectivity index (χ3v) is 6.08. The molecule has 0 N–H and O–H groups in total. The van der Waals surface area contributed by atoms with Gasteiger partial charge in [-0.2, -0.15) is 0 Å². The first kappa shape index (κ1) is 18.6. The number of ether oxygens (including phenoxy) is 2. The Balaban J connectivity index is 1.47. The molecule has 0 aliphatic carbocycles. The van der Waals surface area contributed by atoms with E-state index in [1.807, 2.05) is 12.3 Å². The molecule has 0 radical (unpaired) electrons. The van der Waals surface area contributed by atoms with Crippen molar-refractivity contribution >= 4 is 10.9 Å². The average molecular weight is 389 g/mol. The second-order valence-corrected chi connectivity index (χ2v) is 7.92. The average Bonchev–Trinajstić information content (AvgIpc) is 2.79. The second kappa shape index (κ2) is 8.11. The highest BCUT2D eigenvalue weighted by atomic mass is 16.5. The lowest BCUT2D eigenvalue weighted by Gasteiger charge is -2.35. The highest BCUT2D eigenvalue weighted by Gasteiger charge is 2.26. The number of fused-ring (bicyclic) bond motifs is 3. The summed E-state index contributed by atoms with van der Waals surface area (Å²) in [5.74, 6) is 0.947. The molecular formula is C24H27N3O2. The zero-order valence-electron chi connectivity index (χ0n) is 16.9. The lowest BCUT2D eigenvalue weighted by molar-refractivity contribution is 0.0342. The van der Waals surface area contributed by atoms with Crippen LogP contribution >= 0.6 is 0 Å². The monoisotopic (exact) mass is 389 g/mol. The summed E-state index contributed by atoms with van der Waals surface area (Å²) in [6.45, 7) is 8.20. The van der Waals surface area contributed by atoms with Gasteiger partial charge in [0.25, 0.3) is 0 Å². The summed E-state index contributed by atoms with van der Waals surface area (Å²) in [6, 6.07) is 17.5. The second-order valence-electron chi connectivity index (χ2n) is 7.92. The molecule has 3 aromatic rings. The first-order valence-corrected chi connectivity index (χ1v) is 10.4. The Morgan fingerprint density at radius 2 is 1.90 bits per heavy atom. The molecule has 1 unspecified atom stereocenters. The number of pyridine rings is 1. The van der Waals surface area contributed by atoms with Crippen LogP contribution < -0.4 is 4.74 Å². The van der Waals surface area contributed by atoms with Gasteiger partial charge in [0.1, 0.15) is 12.2 Å². The van der Waals surface area contributed by atoms with Crippen molar-refractivity contribution in [2.75, 3.05) is 33.0 Å². The predicted molar refractivity (Wildman–Crippen MR) is 114 cm³/mol. The molecule has 5 heteroatoms. The highest BCUT2D eigenvalue weighted by Crippen LogP contribution is 2.37. The van der Waals surface area contributed by atoms with Gasteiger partial charge in [0.05, 0.1) is 13.2 Å². The van der Waals surface area contributed by atoms with Gasteiger partial charge >= 0.3 is 0 Å². The maximum atomic E-state index is 6.27. The fraction of sp³-hybridized carbons (Fsp3) is 0.375. The van der Waals surface area contributed by atoms with Gasteiger partial charge < -0.3 is 9.47 Å². The van der Waals surface area contributed by atoms with Crippen molar-refractivity contribution in [3.8, 4) is 5.75 Å². The molecule has 1 saturated heterocycles. The zero-order chi connectivity index (χ0) is 19.6. The van der Waals surface area contributed by atoms with E-state index in [4.69, 9.17) is 9.47 Å². The zero-order valence-corrected chi connectivity index (χ0v) is 16.9. The summed E-state index contributed by atoms with van der Waals surface area (Å²) in [5, 5.41) is 1.20. The van der Waals surface area contributed by atoms with Crippen molar-refractivity contribution in [1.29, 1.82) is 0 Å². The Labute approximate surface area is 171 Å². The fourth-order valence-corrected chi connectivity index (χ4v) is 4.36. The van der Waals surface area contributed by atoms with Crippen molar-refractivity contribution in [1.82, 2.24) is 14.8 Å². The van der Waals surface area contributed by atoms with Gasteiger partial charge in [-0.3, -0.25) is 14.8 Å². The summed E-state index contributed by atoms with van der Waals surface area (Å²) < 4.78 is 11.8. The summed E-state index contributed by atoms with van der Waals surface area (Å²) >= 11 is 0. The third kappa shape index (κ3) is 3.73. The van der Waals surface area contributed by atoms with Crippen LogP contribution in [0.3, 0.4) is 0 Å². The van der Waals surface area contributed by atoms with Crippen LogP contribution in [0.1, 0.15) is 29.7 Å². The van der Waals surface area contributed by atoms with Gasteiger partial charge in [0.15, 0.2) is 5.75 Å². The summed E-state index contributed by atoms with van der Waals surface area (Å²) in [6.07, 6.45) is 1.86. The van der Waals surface area contributed by atoms with Crippen molar-refractivity contribution in [3.63, 3.8) is 0 Å². The molecule has 5 nitrogen and oxygen atoms in total. The van der Waals surface area contributed by atoms with Gasteiger partial charge in [-0.15, -0.1) is 0 Å². The maximum absolute atomic E-state index is 6.27. The summed E-state index contributed by atoms with van der Waals surface area (Å²) in [7, 11) is 0. The molecule has 0 spiro atoms. The molecule has 2 aromatic carbocycles. The minimum atomic E-state index is 0.298. The van der Waals surface area contributed by atoms with Gasteiger partial charge in [0.2, 0.25) is 0 Å². The Hall–Kier alpha value is -2.47. The number of aromatic nitrogens is 1. The quantitative estimate of drug-likeness (QED) is 0.675. The molecule has 1 fully saturated rings. The van der Waals surface area contributed by atoms with E-state index >= 15 is 0 Å². The van der Waals surface area contributed by atoms with Gasteiger partial charge in [-0.25, -0.2) is 0 Å². The summed E-state index contributed by atoms with van der Waals surface area (Å²) in [5.41, 5.74) is 4.85. The number of morpholine rings is 1. The molecule has 1 aromatic heterocycles. The van der Waals surface area contributed by atoms with Crippen LogP contribution in [-0.4, -0.2) is 47.8 Å². The van der Waals surface area contributed by atoms with E-state index in [0.717, 1.165) is 50.7 Å². The SMILES string of the molecule is CC(c1ccccc1)N1COc2c(cc(CN3CCOCC3)c3cccnc23)C1. The number of hydrogen-bond donors (Lipinski definition) is 0. The van der Waals surface area contributed by atoms with Crippen LogP contribution in [0.2, 0.25) is 0 Å². The van der Waals surface area contributed by atoms with Crippen molar-refractivity contribution < 1.29 is 9.47 Å². The Morgan fingerprint density at radius 1 is 1.07 bits per heavy atom. The lowest BCUT2D eigenvalue weighted by Crippen LogP contribution is -2.36. The Bertz CT molecular complexity index is 986. The molecule has 0 bridgehead atoms. The van der Waals surface area contributed by atoms with Gasteiger partial charge in [-0.1, -0.05) is 36.4 Å². The molecular weight excluding hydrogens is 362 g/mol. The van der Waals surface area contributed by atoms with E-state index in [1.54, 1.807) is 0 Å². The molecule has 2 aliphatic rings. The molecule has 0 amide bonds. The van der Waals surface area contributed by atoms with Crippen LogP contribution in [0.15, 0.2) is 54.7 Å². The van der Waals surface area contributed by atoms with E-state index in [-0.39, 0.29) is 0 Å². The first-order valence-electron chi connectivity index (χ1n) is 10.4. The van der Waals surface area contributed by atoms with Gasteiger partial charge in [-0.05, 0) is 30.2 Å². The molecule has 5 rings (SSSR count). The molecule has 0 saturated carbocycles.